The number of carbonyl (C=O) groups excluding carboxylic acids is 3. The van der Waals surface area contributed by atoms with Crippen molar-refractivity contribution in [1.29, 1.82) is 0 Å². The van der Waals surface area contributed by atoms with E-state index in [1.54, 1.807) is 37.2 Å². The van der Waals surface area contributed by atoms with Crippen molar-refractivity contribution in [3.63, 3.8) is 0 Å². The van der Waals surface area contributed by atoms with Gasteiger partial charge < -0.3 is 25.4 Å². The van der Waals surface area contributed by atoms with E-state index >= 15 is 0 Å². The number of nitrogens with zero attached hydrogens (tertiary/aromatic N) is 3. The van der Waals surface area contributed by atoms with Crippen LogP contribution in [-0.4, -0.2) is 77.3 Å². The molecule has 0 bridgehead atoms. The molecule has 0 radical (unpaired) electrons. The third kappa shape index (κ3) is 5.77. The van der Waals surface area contributed by atoms with Crippen molar-refractivity contribution in [1.82, 2.24) is 30.4 Å². The summed E-state index contributed by atoms with van der Waals surface area (Å²) in [6.07, 6.45) is 1.72. The number of H-pyrrole nitrogens is 1. The Kier molecular flexibility index (Phi) is 8.13. The highest BCUT2D eigenvalue weighted by Crippen LogP contribution is 2.30. The zero-order chi connectivity index (χ0) is 25.6. The molecule has 1 aliphatic heterocycles. The van der Waals surface area contributed by atoms with E-state index in [1.807, 2.05) is 6.07 Å². The maximum atomic E-state index is 13.2. The SMILES string of the molecule is CN1CCc2nc(C(=O)NC3CC(C(=O)N(C)C)CC3NC(=O)c3cc4cc(Cl)ccc4[nH]3)sc2C1.Cl. The summed E-state index contributed by atoms with van der Waals surface area (Å²) in [5.41, 5.74) is 2.19. The minimum absolute atomic E-state index is 0. The minimum Gasteiger partial charge on any atom is -0.351 e. The fourth-order valence-electron chi connectivity index (χ4n) is 5.05. The van der Waals surface area contributed by atoms with E-state index in [-0.39, 0.29) is 36.0 Å². The minimum atomic E-state index is -0.397. The topological polar surface area (TPSA) is 110 Å². The van der Waals surface area contributed by atoms with Crippen LogP contribution in [0.2, 0.25) is 5.02 Å². The van der Waals surface area contributed by atoms with Crippen LogP contribution in [0.25, 0.3) is 10.9 Å². The Morgan fingerprint density at radius 3 is 2.54 bits per heavy atom. The molecule has 2 aromatic heterocycles. The lowest BCUT2D eigenvalue weighted by Crippen LogP contribution is -2.48. The number of nitrogens with one attached hydrogen (secondary N) is 3. The van der Waals surface area contributed by atoms with E-state index in [2.05, 4.69) is 32.5 Å². The summed E-state index contributed by atoms with van der Waals surface area (Å²) in [6, 6.07) is 6.34. The van der Waals surface area contributed by atoms with Crippen LogP contribution < -0.4 is 10.6 Å². The molecule has 198 valence electrons. The van der Waals surface area contributed by atoms with Gasteiger partial charge in [0.15, 0.2) is 5.01 Å². The number of hydrogen-bond acceptors (Lipinski definition) is 6. The van der Waals surface area contributed by atoms with Crippen molar-refractivity contribution in [2.75, 3.05) is 27.7 Å². The van der Waals surface area contributed by atoms with Crippen LogP contribution in [0, 0.1) is 5.92 Å². The smallest absolute Gasteiger partial charge is 0.280 e. The molecule has 0 spiro atoms. The molecule has 12 heteroatoms. The molecule has 2 aliphatic rings. The van der Waals surface area contributed by atoms with E-state index in [9.17, 15) is 14.4 Å². The maximum Gasteiger partial charge on any atom is 0.280 e. The van der Waals surface area contributed by atoms with Crippen LogP contribution in [0.4, 0.5) is 0 Å². The van der Waals surface area contributed by atoms with Crippen molar-refractivity contribution in [2.24, 2.45) is 5.92 Å². The van der Waals surface area contributed by atoms with Crippen LogP contribution in [0.5, 0.6) is 0 Å². The quantitative estimate of drug-likeness (QED) is 0.441. The predicted octanol–water partition coefficient (Wildman–Crippen LogP) is 3.08. The van der Waals surface area contributed by atoms with Crippen molar-refractivity contribution in [3.05, 3.63) is 50.6 Å². The summed E-state index contributed by atoms with van der Waals surface area (Å²) in [5, 5.41) is 7.96. The standard InChI is InChI=1S/C25H29ClN6O3S.ClH/c1-31(2)25(35)14-10-18(28-22(33)20-9-13-8-15(26)4-5-16(13)27-20)19(11-14)29-23(34)24-30-17-6-7-32(3)12-21(17)36-24;/h4-5,8-9,14,18-19,27H,6-7,10-12H2,1-3H3,(H,28,33)(H,29,34);1H. The van der Waals surface area contributed by atoms with E-state index in [0.717, 1.165) is 41.0 Å². The molecule has 37 heavy (non-hydrogen) atoms. The highest BCUT2D eigenvalue weighted by molar-refractivity contribution is 7.13. The van der Waals surface area contributed by atoms with Gasteiger partial charge in [0.05, 0.1) is 17.8 Å². The number of thiazole rings is 1. The third-order valence-corrected chi connectivity index (χ3v) is 8.25. The summed E-state index contributed by atoms with van der Waals surface area (Å²) < 4.78 is 0. The first-order valence-corrected chi connectivity index (χ1v) is 13.2. The number of aromatic nitrogens is 2. The van der Waals surface area contributed by atoms with Crippen molar-refractivity contribution >= 4 is 64.0 Å². The van der Waals surface area contributed by atoms with Gasteiger partial charge in [-0.05, 0) is 44.2 Å². The van der Waals surface area contributed by atoms with E-state index in [1.165, 1.54) is 11.3 Å². The van der Waals surface area contributed by atoms with Crippen LogP contribution >= 0.6 is 35.3 Å². The van der Waals surface area contributed by atoms with Gasteiger partial charge in [0.25, 0.3) is 11.8 Å². The Balaban J connectivity index is 0.00000320. The molecule has 1 fully saturated rings. The van der Waals surface area contributed by atoms with Crippen LogP contribution in [0.15, 0.2) is 24.3 Å². The molecule has 3 atom stereocenters. The second kappa shape index (κ2) is 11.0. The van der Waals surface area contributed by atoms with Gasteiger partial charge in [-0.3, -0.25) is 14.4 Å². The molecule has 5 rings (SSSR count). The lowest BCUT2D eigenvalue weighted by atomic mass is 10.1. The Labute approximate surface area is 230 Å². The fraction of sp³-hybridized carbons (Fsp3) is 0.440. The number of aromatic amines is 1. The van der Waals surface area contributed by atoms with Gasteiger partial charge in [-0.1, -0.05) is 11.6 Å². The molecule has 3 unspecified atom stereocenters. The molecule has 3 N–H and O–H groups in total. The molecule has 3 heterocycles. The third-order valence-electron chi connectivity index (χ3n) is 6.93. The van der Waals surface area contributed by atoms with Crippen LogP contribution in [0.1, 0.15) is 43.7 Å². The summed E-state index contributed by atoms with van der Waals surface area (Å²) in [7, 11) is 5.49. The van der Waals surface area contributed by atoms with Crippen LogP contribution in [0.3, 0.4) is 0 Å². The Bertz CT molecular complexity index is 1340. The van der Waals surface area contributed by atoms with Crippen molar-refractivity contribution < 1.29 is 14.4 Å². The highest BCUT2D eigenvalue weighted by atomic mass is 35.5. The van der Waals surface area contributed by atoms with Gasteiger partial charge >= 0.3 is 0 Å². The molecule has 3 amide bonds. The first kappa shape index (κ1) is 27.4. The Morgan fingerprint density at radius 2 is 1.84 bits per heavy atom. The average molecular weight is 566 g/mol. The van der Waals surface area contributed by atoms with E-state index < -0.39 is 12.1 Å². The molecule has 9 nitrogen and oxygen atoms in total. The first-order chi connectivity index (χ1) is 17.2. The summed E-state index contributed by atoms with van der Waals surface area (Å²) in [5.74, 6) is -0.869. The lowest BCUT2D eigenvalue weighted by molar-refractivity contribution is -0.132. The molecule has 1 aromatic carbocycles. The number of likely N-dealkylation sites (N-methyl/N-ethyl adjacent to an activating group) is 1. The second-order valence-electron chi connectivity index (χ2n) is 9.85. The number of fused-ring (bicyclic) bond motifs is 2. The molecular weight excluding hydrogens is 535 g/mol. The number of rotatable bonds is 5. The Hall–Kier alpha value is -2.66. The molecule has 3 aromatic rings. The number of hydrogen-bond donors (Lipinski definition) is 3. The molecular formula is C25H30Cl2N6O3S. The summed E-state index contributed by atoms with van der Waals surface area (Å²) >= 11 is 7.49. The summed E-state index contributed by atoms with van der Waals surface area (Å²) in [6.45, 7) is 1.71. The average Bonchev–Trinajstić information content (AvgIpc) is 3.54. The number of carbonyl (C=O) groups is 3. The summed E-state index contributed by atoms with van der Waals surface area (Å²) in [4.78, 5) is 51.6. The normalized spacial score (nSPS) is 21.2. The monoisotopic (exact) mass is 564 g/mol. The fourth-order valence-corrected chi connectivity index (χ4v) is 6.32. The van der Waals surface area contributed by atoms with Crippen molar-refractivity contribution in [2.45, 2.75) is 37.9 Å². The number of benzene rings is 1. The maximum absolute atomic E-state index is 13.2. The zero-order valence-corrected chi connectivity index (χ0v) is 23.2. The van der Waals surface area contributed by atoms with E-state index in [4.69, 9.17) is 11.6 Å². The lowest BCUT2D eigenvalue weighted by Gasteiger charge is -2.21. The van der Waals surface area contributed by atoms with Crippen molar-refractivity contribution in [3.8, 4) is 0 Å². The Morgan fingerprint density at radius 1 is 1.14 bits per heavy atom. The van der Waals surface area contributed by atoms with Gasteiger partial charge in [-0.2, -0.15) is 0 Å². The molecule has 1 aliphatic carbocycles. The zero-order valence-electron chi connectivity index (χ0n) is 20.8. The molecule has 1 saturated carbocycles. The molecule has 0 saturated heterocycles. The largest absolute Gasteiger partial charge is 0.351 e. The number of halogens is 2. The van der Waals surface area contributed by atoms with Gasteiger partial charge in [0.2, 0.25) is 5.91 Å². The van der Waals surface area contributed by atoms with Gasteiger partial charge in [-0.25, -0.2) is 4.98 Å². The van der Waals surface area contributed by atoms with Crippen LogP contribution in [-0.2, 0) is 17.8 Å². The second-order valence-corrected chi connectivity index (χ2v) is 11.4. The highest BCUT2D eigenvalue weighted by Gasteiger charge is 2.40. The van der Waals surface area contributed by atoms with Gasteiger partial charge in [0, 0.05) is 60.3 Å². The number of amides is 3. The van der Waals surface area contributed by atoms with Gasteiger partial charge in [-0.15, -0.1) is 23.7 Å². The van der Waals surface area contributed by atoms with Gasteiger partial charge in [0.1, 0.15) is 5.69 Å². The van der Waals surface area contributed by atoms with E-state index in [0.29, 0.717) is 28.6 Å². The first-order valence-electron chi connectivity index (χ1n) is 12.0. The predicted molar refractivity (Wildman–Crippen MR) is 147 cm³/mol.